The fourth-order valence-electron chi connectivity index (χ4n) is 8.01. The van der Waals surface area contributed by atoms with Crippen molar-refractivity contribution >= 4 is 75.1 Å². The molecule has 0 fully saturated rings. The molecule has 0 bridgehead atoms. The molecule has 45 heavy (non-hydrogen) atoms. The van der Waals surface area contributed by atoms with E-state index in [0.29, 0.717) is 0 Å². The molecule has 4 heterocycles. The molecule has 0 saturated heterocycles. The van der Waals surface area contributed by atoms with E-state index in [2.05, 4.69) is 155 Å². The van der Waals surface area contributed by atoms with Crippen LogP contribution in [0.4, 0.5) is 0 Å². The zero-order valence-electron chi connectivity index (χ0n) is 24.2. The highest BCUT2D eigenvalue weighted by Gasteiger charge is 2.26. The standard InChI is InChI=1S/C42H24N2S/c1-6-19-36-25(11-1)29-15-9-16-30-32-23-34-27-13-3-5-18-35(27)43(38-21-10-17-31-28-14-4-8-22-40(28)45-42(31)38)39(34)24-33(32)26-12-2-7-20-37(26)44(36)41(29)30/h1-24H. The molecular formula is C42H24N2S. The van der Waals surface area contributed by atoms with Gasteiger partial charge in [0.15, 0.2) is 0 Å². The number of thiophene rings is 1. The molecule has 2 nitrogen and oxygen atoms in total. The SMILES string of the molecule is c1ccc2c(c1)-c1cc3c(cc1-c1cccc4c5ccccc5n-2c14)c1ccccc1n3-c1cccc2c1sc1ccccc12. The Balaban J connectivity index is 1.33. The largest absolute Gasteiger partial charge is 0.308 e. The van der Waals surface area contributed by atoms with Crippen LogP contribution in [0.5, 0.6) is 0 Å². The summed E-state index contributed by atoms with van der Waals surface area (Å²) in [6.07, 6.45) is 0. The summed E-state index contributed by atoms with van der Waals surface area (Å²) in [4.78, 5) is 0. The lowest BCUT2D eigenvalue weighted by Crippen LogP contribution is -1.96. The molecule has 0 amide bonds. The highest BCUT2D eigenvalue weighted by Crippen LogP contribution is 2.49. The number of nitrogens with zero attached hydrogens (tertiary/aromatic N) is 2. The second-order valence-electron chi connectivity index (χ2n) is 12.1. The maximum atomic E-state index is 2.51. The van der Waals surface area contributed by atoms with Crippen molar-refractivity contribution in [3.63, 3.8) is 0 Å². The summed E-state index contributed by atoms with van der Waals surface area (Å²) < 4.78 is 7.64. The van der Waals surface area contributed by atoms with E-state index in [9.17, 15) is 0 Å². The summed E-state index contributed by atoms with van der Waals surface area (Å²) in [6, 6.07) is 54.0. The molecule has 0 spiro atoms. The molecule has 0 aliphatic carbocycles. The van der Waals surface area contributed by atoms with Gasteiger partial charge in [-0.1, -0.05) is 103 Å². The van der Waals surface area contributed by atoms with Crippen LogP contribution in [-0.2, 0) is 0 Å². The number of para-hydroxylation sites is 4. The predicted molar refractivity (Wildman–Crippen MR) is 192 cm³/mol. The molecule has 10 aromatic rings. The molecule has 0 saturated carbocycles. The lowest BCUT2D eigenvalue weighted by Gasteiger charge is -2.14. The highest BCUT2D eigenvalue weighted by molar-refractivity contribution is 7.26. The maximum absolute atomic E-state index is 2.51. The summed E-state index contributed by atoms with van der Waals surface area (Å²) in [5, 5.41) is 7.79. The van der Waals surface area contributed by atoms with Gasteiger partial charge in [-0.25, -0.2) is 0 Å². The Labute approximate surface area is 262 Å². The zero-order chi connectivity index (χ0) is 29.2. The van der Waals surface area contributed by atoms with Gasteiger partial charge < -0.3 is 9.13 Å². The van der Waals surface area contributed by atoms with Gasteiger partial charge in [0.25, 0.3) is 0 Å². The Morgan fingerprint density at radius 1 is 0.356 bits per heavy atom. The van der Waals surface area contributed by atoms with Crippen LogP contribution in [0.2, 0.25) is 0 Å². The third-order valence-electron chi connectivity index (χ3n) is 9.86. The Kier molecular flexibility index (Phi) is 4.49. The molecule has 3 aromatic heterocycles. The molecule has 1 aliphatic heterocycles. The monoisotopic (exact) mass is 588 g/mol. The normalized spacial score (nSPS) is 12.4. The minimum absolute atomic E-state index is 1.23. The lowest BCUT2D eigenvalue weighted by molar-refractivity contribution is 1.19. The molecule has 208 valence electrons. The molecule has 1 aliphatic rings. The fraction of sp³-hybridized carbons (Fsp3) is 0. The first-order chi connectivity index (χ1) is 22.3. The van der Waals surface area contributed by atoms with Gasteiger partial charge in [-0.3, -0.25) is 0 Å². The molecule has 7 aromatic carbocycles. The first-order valence-corrected chi connectivity index (χ1v) is 16.3. The third-order valence-corrected chi connectivity index (χ3v) is 11.1. The number of rotatable bonds is 1. The smallest absolute Gasteiger partial charge is 0.0640 e. The van der Waals surface area contributed by atoms with E-state index in [4.69, 9.17) is 0 Å². The van der Waals surface area contributed by atoms with E-state index < -0.39 is 0 Å². The average Bonchev–Trinajstić information content (AvgIpc) is 3.73. The number of aromatic nitrogens is 2. The van der Waals surface area contributed by atoms with Gasteiger partial charge >= 0.3 is 0 Å². The van der Waals surface area contributed by atoms with Crippen molar-refractivity contribution in [3.05, 3.63) is 146 Å². The van der Waals surface area contributed by atoms with Gasteiger partial charge in [0, 0.05) is 48.1 Å². The molecule has 0 unspecified atom stereocenters. The van der Waals surface area contributed by atoms with Crippen molar-refractivity contribution in [2.24, 2.45) is 0 Å². The van der Waals surface area contributed by atoms with Crippen LogP contribution < -0.4 is 0 Å². The maximum Gasteiger partial charge on any atom is 0.0640 e. The van der Waals surface area contributed by atoms with Crippen molar-refractivity contribution in [1.82, 2.24) is 9.13 Å². The summed E-state index contributed by atoms with van der Waals surface area (Å²) in [5.41, 5.74) is 12.5. The van der Waals surface area contributed by atoms with Crippen LogP contribution in [0.25, 0.3) is 97.4 Å². The van der Waals surface area contributed by atoms with Gasteiger partial charge in [-0.05, 0) is 53.6 Å². The van der Waals surface area contributed by atoms with E-state index in [1.807, 2.05) is 11.3 Å². The van der Waals surface area contributed by atoms with Crippen LogP contribution >= 0.6 is 11.3 Å². The van der Waals surface area contributed by atoms with E-state index in [1.54, 1.807) is 0 Å². The Morgan fingerprint density at radius 2 is 0.956 bits per heavy atom. The molecule has 0 atom stereocenters. The van der Waals surface area contributed by atoms with Crippen molar-refractivity contribution < 1.29 is 0 Å². The number of hydrogen-bond acceptors (Lipinski definition) is 1. The minimum atomic E-state index is 1.23. The summed E-state index contributed by atoms with van der Waals surface area (Å²) in [7, 11) is 0. The average molecular weight is 589 g/mol. The molecular weight excluding hydrogens is 565 g/mol. The van der Waals surface area contributed by atoms with Crippen molar-refractivity contribution in [1.29, 1.82) is 0 Å². The van der Waals surface area contributed by atoms with E-state index in [-0.39, 0.29) is 0 Å². The lowest BCUT2D eigenvalue weighted by atomic mass is 9.92. The molecule has 11 rings (SSSR count). The third kappa shape index (κ3) is 2.98. The molecule has 0 radical (unpaired) electrons. The molecule has 3 heteroatoms. The zero-order valence-corrected chi connectivity index (χ0v) is 25.0. The summed E-state index contributed by atoms with van der Waals surface area (Å²) in [5.74, 6) is 0. The minimum Gasteiger partial charge on any atom is -0.308 e. The van der Waals surface area contributed by atoms with Gasteiger partial charge in [0.1, 0.15) is 0 Å². The topological polar surface area (TPSA) is 9.86 Å². The van der Waals surface area contributed by atoms with E-state index >= 15 is 0 Å². The number of hydrogen-bond donors (Lipinski definition) is 0. The van der Waals surface area contributed by atoms with E-state index in [1.165, 1.54) is 97.4 Å². The van der Waals surface area contributed by atoms with Crippen LogP contribution in [-0.4, -0.2) is 9.13 Å². The van der Waals surface area contributed by atoms with E-state index in [0.717, 1.165) is 0 Å². The first kappa shape index (κ1) is 23.8. The second kappa shape index (κ2) is 8.50. The predicted octanol–water partition coefficient (Wildman–Crippen LogP) is 11.9. The van der Waals surface area contributed by atoms with Gasteiger partial charge in [-0.2, -0.15) is 0 Å². The van der Waals surface area contributed by atoms with Crippen molar-refractivity contribution in [3.8, 4) is 33.6 Å². The van der Waals surface area contributed by atoms with Gasteiger partial charge in [0.2, 0.25) is 0 Å². The van der Waals surface area contributed by atoms with Crippen LogP contribution in [0.3, 0.4) is 0 Å². The van der Waals surface area contributed by atoms with Gasteiger partial charge in [0.05, 0.1) is 38.1 Å². The quantitative estimate of drug-likeness (QED) is 0.180. The highest BCUT2D eigenvalue weighted by atomic mass is 32.1. The fourth-order valence-corrected chi connectivity index (χ4v) is 9.22. The van der Waals surface area contributed by atoms with Crippen LogP contribution in [0.15, 0.2) is 146 Å². The van der Waals surface area contributed by atoms with Crippen LogP contribution in [0.1, 0.15) is 0 Å². The van der Waals surface area contributed by atoms with Gasteiger partial charge in [-0.15, -0.1) is 11.3 Å². The summed E-state index contributed by atoms with van der Waals surface area (Å²) >= 11 is 1.89. The number of fused-ring (bicyclic) bond motifs is 14. The Morgan fingerprint density at radius 3 is 1.84 bits per heavy atom. The number of benzene rings is 7. The van der Waals surface area contributed by atoms with Crippen LogP contribution in [0, 0.1) is 0 Å². The van der Waals surface area contributed by atoms with Crippen molar-refractivity contribution in [2.75, 3.05) is 0 Å². The summed E-state index contributed by atoms with van der Waals surface area (Å²) in [6.45, 7) is 0. The molecule has 0 N–H and O–H groups in total. The first-order valence-electron chi connectivity index (χ1n) is 15.5. The second-order valence-corrected chi connectivity index (χ2v) is 13.1. The Bertz CT molecular complexity index is 2880. The Hall–Kier alpha value is -5.64. The van der Waals surface area contributed by atoms with Crippen molar-refractivity contribution in [2.45, 2.75) is 0 Å².